The lowest BCUT2D eigenvalue weighted by atomic mass is 10.2. The number of amides is 1. The van der Waals surface area contributed by atoms with Gasteiger partial charge in [-0.05, 0) is 37.3 Å². The van der Waals surface area contributed by atoms with E-state index in [9.17, 15) is 18.0 Å². The summed E-state index contributed by atoms with van der Waals surface area (Å²) in [4.78, 5) is 12.5. The van der Waals surface area contributed by atoms with E-state index < -0.39 is 17.6 Å². The van der Waals surface area contributed by atoms with Gasteiger partial charge in [-0.25, -0.2) is 4.68 Å². The van der Waals surface area contributed by atoms with Crippen LogP contribution in [0.4, 0.5) is 18.9 Å². The number of aromatic nitrogens is 2. The SMILES string of the molecule is Cc1c(C(=O)Nc2ccccc2Cl)cnn1-c1cccc(C(F)(F)F)c1. The van der Waals surface area contributed by atoms with Crippen LogP contribution in [-0.4, -0.2) is 15.7 Å². The standard InChI is InChI=1S/C18H13ClF3N3O/c1-11-14(17(26)24-16-8-3-2-7-15(16)19)10-23-25(11)13-6-4-5-12(9-13)18(20,21)22/h2-10H,1H3,(H,24,26). The van der Waals surface area contributed by atoms with Crippen molar-refractivity contribution in [2.75, 3.05) is 5.32 Å². The Morgan fingerprint density at radius 3 is 2.58 bits per heavy atom. The predicted octanol–water partition coefficient (Wildman–Crippen LogP) is 5.11. The van der Waals surface area contributed by atoms with Crippen molar-refractivity contribution in [3.63, 3.8) is 0 Å². The van der Waals surface area contributed by atoms with Crippen molar-refractivity contribution in [3.05, 3.63) is 76.6 Å². The lowest BCUT2D eigenvalue weighted by molar-refractivity contribution is -0.137. The molecule has 0 aliphatic heterocycles. The number of nitrogens with zero attached hydrogens (tertiary/aromatic N) is 2. The average Bonchev–Trinajstić information content (AvgIpc) is 2.98. The van der Waals surface area contributed by atoms with E-state index in [-0.39, 0.29) is 11.3 Å². The minimum absolute atomic E-state index is 0.217. The first-order chi connectivity index (χ1) is 12.3. The molecule has 134 valence electrons. The highest BCUT2D eigenvalue weighted by atomic mass is 35.5. The quantitative estimate of drug-likeness (QED) is 0.687. The van der Waals surface area contributed by atoms with E-state index in [1.54, 1.807) is 31.2 Å². The minimum Gasteiger partial charge on any atom is -0.321 e. The number of alkyl halides is 3. The van der Waals surface area contributed by atoms with Gasteiger partial charge < -0.3 is 5.32 Å². The van der Waals surface area contributed by atoms with Crippen LogP contribution in [0.1, 0.15) is 21.6 Å². The molecular formula is C18H13ClF3N3O. The fraction of sp³-hybridized carbons (Fsp3) is 0.111. The minimum atomic E-state index is -4.46. The molecule has 8 heteroatoms. The number of halogens is 4. The smallest absolute Gasteiger partial charge is 0.321 e. The van der Waals surface area contributed by atoms with Crippen LogP contribution < -0.4 is 5.32 Å². The van der Waals surface area contributed by atoms with E-state index in [0.29, 0.717) is 16.4 Å². The molecule has 2 aromatic carbocycles. The maximum absolute atomic E-state index is 12.9. The molecule has 26 heavy (non-hydrogen) atoms. The van der Waals surface area contributed by atoms with Gasteiger partial charge in [0, 0.05) is 0 Å². The Labute approximate surface area is 152 Å². The topological polar surface area (TPSA) is 46.9 Å². The van der Waals surface area contributed by atoms with Crippen molar-refractivity contribution in [2.24, 2.45) is 0 Å². The molecule has 0 aliphatic carbocycles. The molecular weight excluding hydrogens is 367 g/mol. The molecule has 1 N–H and O–H groups in total. The molecule has 0 saturated carbocycles. The third kappa shape index (κ3) is 3.57. The highest BCUT2D eigenvalue weighted by Crippen LogP contribution is 2.30. The maximum Gasteiger partial charge on any atom is 0.416 e. The third-order valence-corrected chi connectivity index (χ3v) is 4.12. The number of carbonyl (C=O) groups excluding carboxylic acids is 1. The molecule has 1 amide bonds. The molecule has 3 aromatic rings. The molecule has 0 aliphatic rings. The Bertz CT molecular complexity index is 966. The van der Waals surface area contributed by atoms with Crippen molar-refractivity contribution in [1.82, 2.24) is 9.78 Å². The Morgan fingerprint density at radius 2 is 1.88 bits per heavy atom. The second-order valence-electron chi connectivity index (χ2n) is 5.54. The van der Waals surface area contributed by atoms with Crippen molar-refractivity contribution >= 4 is 23.2 Å². The number of benzene rings is 2. The van der Waals surface area contributed by atoms with Gasteiger partial charge in [-0.2, -0.15) is 18.3 Å². The zero-order valence-electron chi connectivity index (χ0n) is 13.5. The van der Waals surface area contributed by atoms with Crippen LogP contribution in [0.15, 0.2) is 54.7 Å². The summed E-state index contributed by atoms with van der Waals surface area (Å²) in [5.41, 5.74) is 0.516. The summed E-state index contributed by atoms with van der Waals surface area (Å²) in [5, 5.41) is 7.09. The van der Waals surface area contributed by atoms with E-state index in [4.69, 9.17) is 11.6 Å². The van der Waals surface area contributed by atoms with Crippen LogP contribution in [0, 0.1) is 6.92 Å². The maximum atomic E-state index is 12.9. The molecule has 1 heterocycles. The van der Waals surface area contributed by atoms with E-state index >= 15 is 0 Å². The van der Waals surface area contributed by atoms with E-state index in [2.05, 4.69) is 10.4 Å². The Morgan fingerprint density at radius 1 is 1.15 bits per heavy atom. The highest BCUT2D eigenvalue weighted by molar-refractivity contribution is 6.33. The molecule has 1 aromatic heterocycles. The van der Waals surface area contributed by atoms with Crippen molar-refractivity contribution in [3.8, 4) is 5.69 Å². The van der Waals surface area contributed by atoms with Crippen LogP contribution in [0.5, 0.6) is 0 Å². The summed E-state index contributed by atoms with van der Waals surface area (Å²) < 4.78 is 40.0. The third-order valence-electron chi connectivity index (χ3n) is 3.79. The molecule has 0 unspecified atom stereocenters. The van der Waals surface area contributed by atoms with E-state index in [0.717, 1.165) is 12.1 Å². The molecule has 3 rings (SSSR count). The zero-order chi connectivity index (χ0) is 18.9. The summed E-state index contributed by atoms with van der Waals surface area (Å²) >= 11 is 6.01. The normalized spacial score (nSPS) is 11.4. The van der Waals surface area contributed by atoms with Crippen LogP contribution in [0.25, 0.3) is 5.69 Å². The highest BCUT2D eigenvalue weighted by Gasteiger charge is 2.30. The van der Waals surface area contributed by atoms with Gasteiger partial charge in [0.25, 0.3) is 5.91 Å². The molecule has 0 spiro atoms. The molecule has 0 saturated heterocycles. The Hall–Kier alpha value is -2.80. The van der Waals surface area contributed by atoms with Crippen molar-refractivity contribution in [2.45, 2.75) is 13.1 Å². The fourth-order valence-corrected chi connectivity index (χ4v) is 2.64. The summed E-state index contributed by atoms with van der Waals surface area (Å²) in [7, 11) is 0. The summed E-state index contributed by atoms with van der Waals surface area (Å²) in [6.45, 7) is 1.61. The largest absolute Gasteiger partial charge is 0.416 e. The van der Waals surface area contributed by atoms with Gasteiger partial charge in [-0.1, -0.05) is 29.8 Å². The van der Waals surface area contributed by atoms with Crippen molar-refractivity contribution in [1.29, 1.82) is 0 Å². The van der Waals surface area contributed by atoms with Gasteiger partial charge in [0.1, 0.15) is 0 Å². The van der Waals surface area contributed by atoms with Gasteiger partial charge in [0.05, 0.1) is 39.4 Å². The van der Waals surface area contributed by atoms with E-state index in [1.807, 2.05) is 0 Å². The van der Waals surface area contributed by atoms with Gasteiger partial charge in [-0.3, -0.25) is 4.79 Å². The molecule has 0 radical (unpaired) electrons. The fourth-order valence-electron chi connectivity index (χ4n) is 2.46. The zero-order valence-corrected chi connectivity index (χ0v) is 14.3. The van der Waals surface area contributed by atoms with Crippen LogP contribution in [-0.2, 0) is 6.18 Å². The first-order valence-corrected chi connectivity index (χ1v) is 7.93. The van der Waals surface area contributed by atoms with Gasteiger partial charge in [-0.15, -0.1) is 0 Å². The number of carbonyl (C=O) groups is 1. The first-order valence-electron chi connectivity index (χ1n) is 7.55. The molecule has 0 atom stereocenters. The number of hydrogen-bond acceptors (Lipinski definition) is 2. The number of para-hydroxylation sites is 1. The van der Waals surface area contributed by atoms with Gasteiger partial charge in [0.15, 0.2) is 0 Å². The van der Waals surface area contributed by atoms with Gasteiger partial charge >= 0.3 is 6.18 Å². The van der Waals surface area contributed by atoms with E-state index in [1.165, 1.54) is 23.0 Å². The Balaban J connectivity index is 1.91. The summed E-state index contributed by atoms with van der Waals surface area (Å²) in [6, 6.07) is 11.5. The lowest BCUT2D eigenvalue weighted by Gasteiger charge is -2.10. The van der Waals surface area contributed by atoms with Crippen LogP contribution >= 0.6 is 11.6 Å². The first kappa shape index (κ1) is 18.0. The molecule has 0 fully saturated rings. The Kier molecular flexibility index (Phi) is 4.73. The summed E-state index contributed by atoms with van der Waals surface area (Å²) in [5.74, 6) is -0.450. The van der Waals surface area contributed by atoms with Crippen LogP contribution in [0.3, 0.4) is 0 Å². The second-order valence-corrected chi connectivity index (χ2v) is 5.94. The molecule has 4 nitrogen and oxygen atoms in total. The lowest BCUT2D eigenvalue weighted by Crippen LogP contribution is -2.13. The molecule has 0 bridgehead atoms. The average molecular weight is 380 g/mol. The van der Waals surface area contributed by atoms with Gasteiger partial charge in [0.2, 0.25) is 0 Å². The predicted molar refractivity (Wildman–Crippen MR) is 92.7 cm³/mol. The number of anilines is 1. The number of hydrogen-bond donors (Lipinski definition) is 1. The van der Waals surface area contributed by atoms with Crippen LogP contribution in [0.2, 0.25) is 5.02 Å². The van der Waals surface area contributed by atoms with Crippen molar-refractivity contribution < 1.29 is 18.0 Å². The summed E-state index contributed by atoms with van der Waals surface area (Å²) in [6.07, 6.45) is -3.15. The monoisotopic (exact) mass is 379 g/mol. The number of rotatable bonds is 3. The number of nitrogens with one attached hydrogen (secondary N) is 1. The second kappa shape index (κ2) is 6.84.